The number of rotatable bonds is 9. The summed E-state index contributed by atoms with van der Waals surface area (Å²) in [6.45, 7) is 2.04. The molecule has 1 aromatic carbocycles. The van der Waals surface area contributed by atoms with E-state index in [2.05, 4.69) is 20.8 Å². The zero-order valence-corrected chi connectivity index (χ0v) is 14.6. The first-order chi connectivity index (χ1) is 12.1. The Hall–Kier alpha value is -2.83. The van der Waals surface area contributed by atoms with Crippen LogP contribution in [0.25, 0.3) is 0 Å². The molecule has 0 atom stereocenters. The molecule has 0 fully saturated rings. The molecule has 134 valence electrons. The summed E-state index contributed by atoms with van der Waals surface area (Å²) in [5.41, 5.74) is 2.15. The van der Waals surface area contributed by atoms with Crippen LogP contribution in [-0.4, -0.2) is 29.1 Å². The Kier molecular flexibility index (Phi) is 7.00. The van der Waals surface area contributed by atoms with Gasteiger partial charge in [0.2, 0.25) is 11.8 Å². The van der Waals surface area contributed by atoms with E-state index in [-0.39, 0.29) is 11.8 Å². The van der Waals surface area contributed by atoms with Crippen LogP contribution in [0.2, 0.25) is 0 Å². The molecule has 2 amide bonds. The van der Waals surface area contributed by atoms with Gasteiger partial charge in [0, 0.05) is 24.7 Å². The minimum absolute atomic E-state index is 0.0661. The van der Waals surface area contributed by atoms with Gasteiger partial charge in [-0.25, -0.2) is 0 Å². The summed E-state index contributed by atoms with van der Waals surface area (Å²) in [6, 6.07) is 5.18. The Labute approximate surface area is 147 Å². The Balaban J connectivity index is 1.97. The Morgan fingerprint density at radius 2 is 2.00 bits per heavy atom. The van der Waals surface area contributed by atoms with Crippen molar-refractivity contribution in [2.24, 2.45) is 0 Å². The zero-order chi connectivity index (χ0) is 18.1. The lowest BCUT2D eigenvalue weighted by atomic mass is 10.2. The van der Waals surface area contributed by atoms with Crippen LogP contribution in [0.1, 0.15) is 38.2 Å². The molecule has 0 radical (unpaired) electrons. The summed E-state index contributed by atoms with van der Waals surface area (Å²) < 4.78 is 5.27. The van der Waals surface area contributed by atoms with Crippen LogP contribution in [0.3, 0.4) is 0 Å². The molecule has 2 rings (SSSR count). The van der Waals surface area contributed by atoms with Gasteiger partial charge in [0.05, 0.1) is 19.0 Å². The van der Waals surface area contributed by atoms with E-state index in [1.54, 1.807) is 37.7 Å². The number of ether oxygens (including phenoxy) is 1. The highest BCUT2D eigenvalue weighted by atomic mass is 16.5. The number of aromatic amines is 1. The highest BCUT2D eigenvalue weighted by Gasteiger charge is 2.10. The Bertz CT molecular complexity index is 698. The predicted molar refractivity (Wildman–Crippen MR) is 96.7 cm³/mol. The number of nitrogens with one attached hydrogen (secondary N) is 3. The predicted octanol–water partition coefficient (Wildman–Crippen LogP) is 3.12. The third-order valence-corrected chi connectivity index (χ3v) is 3.71. The van der Waals surface area contributed by atoms with Crippen LogP contribution in [0.4, 0.5) is 11.4 Å². The molecule has 1 heterocycles. The molecule has 0 aliphatic carbocycles. The van der Waals surface area contributed by atoms with Gasteiger partial charge in [-0.3, -0.25) is 14.7 Å². The van der Waals surface area contributed by atoms with E-state index in [1.165, 1.54) is 0 Å². The van der Waals surface area contributed by atoms with Crippen molar-refractivity contribution >= 4 is 23.2 Å². The molecule has 2 aromatic rings. The third-order valence-electron chi connectivity index (χ3n) is 3.71. The molecule has 3 N–H and O–H groups in total. The number of H-pyrrole nitrogens is 1. The summed E-state index contributed by atoms with van der Waals surface area (Å²) in [6.07, 6.45) is 6.68. The van der Waals surface area contributed by atoms with Crippen LogP contribution in [-0.2, 0) is 16.0 Å². The molecular formula is C18H24N4O3. The standard InChI is InChI=1S/C18H24N4O3/c1-3-4-5-17(23)22-15-10-14(7-8-16(15)25-2)21-18(24)9-6-13-11-19-20-12-13/h7-8,10-12H,3-6,9H2,1-2H3,(H,19,20)(H,21,24)(H,22,23). The summed E-state index contributed by atoms with van der Waals surface area (Å²) >= 11 is 0. The second kappa shape index (κ2) is 9.46. The monoisotopic (exact) mass is 344 g/mol. The van der Waals surface area contributed by atoms with Crippen LogP contribution in [0.5, 0.6) is 5.75 Å². The minimum atomic E-state index is -0.102. The average Bonchev–Trinajstić information content (AvgIpc) is 3.12. The SMILES string of the molecule is CCCCC(=O)Nc1cc(NC(=O)CCc2cn[nH]c2)ccc1OC. The van der Waals surface area contributed by atoms with Gasteiger partial charge in [-0.05, 0) is 36.6 Å². The van der Waals surface area contributed by atoms with Crippen molar-refractivity contribution in [3.05, 3.63) is 36.2 Å². The lowest BCUT2D eigenvalue weighted by molar-refractivity contribution is -0.117. The maximum atomic E-state index is 12.1. The van der Waals surface area contributed by atoms with Crippen LogP contribution < -0.4 is 15.4 Å². The van der Waals surface area contributed by atoms with Gasteiger partial charge >= 0.3 is 0 Å². The maximum Gasteiger partial charge on any atom is 0.224 e. The van der Waals surface area contributed by atoms with Crippen LogP contribution in [0.15, 0.2) is 30.6 Å². The maximum absolute atomic E-state index is 12.1. The lowest BCUT2D eigenvalue weighted by Crippen LogP contribution is -2.14. The molecule has 7 heteroatoms. The van der Waals surface area contributed by atoms with Gasteiger partial charge in [-0.2, -0.15) is 5.10 Å². The first-order valence-electron chi connectivity index (χ1n) is 8.37. The largest absolute Gasteiger partial charge is 0.495 e. The van der Waals surface area contributed by atoms with Crippen LogP contribution in [0, 0.1) is 0 Å². The second-order valence-electron chi connectivity index (χ2n) is 5.72. The van der Waals surface area contributed by atoms with Crippen molar-refractivity contribution in [2.75, 3.05) is 17.7 Å². The number of carbonyl (C=O) groups excluding carboxylic acids is 2. The minimum Gasteiger partial charge on any atom is -0.495 e. The van der Waals surface area contributed by atoms with Crippen molar-refractivity contribution in [1.82, 2.24) is 10.2 Å². The number of carbonyl (C=O) groups is 2. The van der Waals surface area contributed by atoms with Gasteiger partial charge in [-0.15, -0.1) is 0 Å². The Morgan fingerprint density at radius 3 is 2.68 bits per heavy atom. The first-order valence-corrected chi connectivity index (χ1v) is 8.37. The summed E-state index contributed by atoms with van der Waals surface area (Å²) in [5, 5.41) is 12.2. The van der Waals surface area contributed by atoms with Gasteiger partial charge in [0.25, 0.3) is 0 Å². The number of nitrogens with zero attached hydrogens (tertiary/aromatic N) is 1. The van der Waals surface area contributed by atoms with E-state index in [9.17, 15) is 9.59 Å². The van der Waals surface area contributed by atoms with Crippen molar-refractivity contribution in [3.63, 3.8) is 0 Å². The molecule has 7 nitrogen and oxygen atoms in total. The molecule has 0 saturated carbocycles. The summed E-state index contributed by atoms with van der Waals surface area (Å²) in [4.78, 5) is 24.0. The molecule has 1 aromatic heterocycles. The number of hydrogen-bond acceptors (Lipinski definition) is 4. The van der Waals surface area contributed by atoms with Gasteiger partial charge in [0.15, 0.2) is 0 Å². The number of unbranched alkanes of at least 4 members (excludes halogenated alkanes) is 1. The van der Waals surface area contributed by atoms with Crippen molar-refractivity contribution in [1.29, 1.82) is 0 Å². The normalized spacial score (nSPS) is 10.3. The fourth-order valence-corrected chi connectivity index (χ4v) is 2.33. The Morgan fingerprint density at radius 1 is 1.20 bits per heavy atom. The van der Waals surface area contributed by atoms with Gasteiger partial charge < -0.3 is 15.4 Å². The number of benzene rings is 1. The zero-order valence-electron chi connectivity index (χ0n) is 14.6. The van der Waals surface area contributed by atoms with Crippen molar-refractivity contribution in [3.8, 4) is 5.75 Å². The number of amides is 2. The number of anilines is 2. The van der Waals surface area contributed by atoms with Crippen molar-refractivity contribution < 1.29 is 14.3 Å². The molecule has 0 aliphatic heterocycles. The fraction of sp³-hybridized carbons (Fsp3) is 0.389. The van der Waals surface area contributed by atoms with E-state index in [0.29, 0.717) is 36.4 Å². The molecule has 0 unspecified atom stereocenters. The highest BCUT2D eigenvalue weighted by molar-refractivity contribution is 5.95. The number of aryl methyl sites for hydroxylation is 1. The fourth-order valence-electron chi connectivity index (χ4n) is 2.33. The quantitative estimate of drug-likeness (QED) is 0.651. The van der Waals surface area contributed by atoms with Crippen molar-refractivity contribution in [2.45, 2.75) is 39.0 Å². The van der Waals surface area contributed by atoms with Crippen LogP contribution >= 0.6 is 0 Å². The van der Waals surface area contributed by atoms with E-state index < -0.39 is 0 Å². The van der Waals surface area contributed by atoms with E-state index in [4.69, 9.17) is 4.74 Å². The smallest absolute Gasteiger partial charge is 0.224 e. The lowest BCUT2D eigenvalue weighted by Gasteiger charge is -2.13. The summed E-state index contributed by atoms with van der Waals surface area (Å²) in [5.74, 6) is 0.388. The molecule has 0 aliphatic rings. The third kappa shape index (κ3) is 5.95. The summed E-state index contributed by atoms with van der Waals surface area (Å²) in [7, 11) is 1.54. The van der Waals surface area contributed by atoms with Gasteiger partial charge in [-0.1, -0.05) is 13.3 Å². The first kappa shape index (κ1) is 18.5. The molecule has 0 spiro atoms. The highest BCUT2D eigenvalue weighted by Crippen LogP contribution is 2.28. The van der Waals surface area contributed by atoms with Gasteiger partial charge in [0.1, 0.15) is 5.75 Å². The number of methoxy groups -OCH3 is 1. The topological polar surface area (TPSA) is 96.1 Å². The molecule has 0 bridgehead atoms. The van der Waals surface area contributed by atoms with E-state index in [0.717, 1.165) is 18.4 Å². The van der Waals surface area contributed by atoms with E-state index in [1.807, 2.05) is 6.92 Å². The second-order valence-corrected chi connectivity index (χ2v) is 5.72. The number of hydrogen-bond donors (Lipinski definition) is 3. The number of aromatic nitrogens is 2. The molecule has 0 saturated heterocycles. The average molecular weight is 344 g/mol. The molecule has 25 heavy (non-hydrogen) atoms. The molecular weight excluding hydrogens is 320 g/mol. The van der Waals surface area contributed by atoms with E-state index >= 15 is 0 Å².